The number of amides is 2. The molecule has 0 saturated carbocycles. The SMILES string of the molecule is O=C1CCC(NS(=O)(=O)C=Cc2ccc(Cl)cc2)C(=O)N1. The molecule has 1 aliphatic heterocycles. The lowest BCUT2D eigenvalue weighted by Crippen LogP contribution is -2.51. The molecule has 21 heavy (non-hydrogen) atoms. The molecule has 0 spiro atoms. The molecule has 2 N–H and O–H groups in total. The Morgan fingerprint density at radius 1 is 1.24 bits per heavy atom. The molecule has 1 heterocycles. The Balaban J connectivity index is 2.03. The molecule has 1 aromatic carbocycles. The monoisotopic (exact) mass is 328 g/mol. The summed E-state index contributed by atoms with van der Waals surface area (Å²) in [5.74, 6) is -1.03. The zero-order valence-electron chi connectivity index (χ0n) is 10.9. The first-order chi connectivity index (χ1) is 9.85. The number of halogens is 1. The summed E-state index contributed by atoms with van der Waals surface area (Å²) in [4.78, 5) is 22.5. The Morgan fingerprint density at radius 2 is 1.90 bits per heavy atom. The van der Waals surface area contributed by atoms with Crippen LogP contribution in [-0.2, 0) is 19.6 Å². The van der Waals surface area contributed by atoms with Crippen molar-refractivity contribution in [1.29, 1.82) is 0 Å². The standard InChI is InChI=1S/C13H13ClN2O4S/c14-10-3-1-9(2-4-10)7-8-21(19,20)16-11-5-6-12(17)15-13(11)18/h1-4,7-8,11,16H,5-6H2,(H,15,17,18). The van der Waals surface area contributed by atoms with E-state index in [9.17, 15) is 18.0 Å². The third kappa shape index (κ3) is 4.66. The van der Waals surface area contributed by atoms with Crippen LogP contribution in [0.4, 0.5) is 0 Å². The first-order valence-electron chi connectivity index (χ1n) is 6.15. The normalized spacial score (nSPS) is 19.8. The second-order valence-corrected chi connectivity index (χ2v) is 6.56. The van der Waals surface area contributed by atoms with Gasteiger partial charge < -0.3 is 0 Å². The van der Waals surface area contributed by atoms with Gasteiger partial charge in [0.2, 0.25) is 21.8 Å². The average molecular weight is 329 g/mol. The summed E-state index contributed by atoms with van der Waals surface area (Å²) < 4.78 is 26.0. The van der Waals surface area contributed by atoms with Crippen molar-refractivity contribution in [2.45, 2.75) is 18.9 Å². The van der Waals surface area contributed by atoms with Crippen LogP contribution in [0.25, 0.3) is 6.08 Å². The lowest BCUT2D eigenvalue weighted by atomic mass is 10.1. The molecule has 1 atom stereocenters. The van der Waals surface area contributed by atoms with Gasteiger partial charge in [-0.2, -0.15) is 4.72 Å². The van der Waals surface area contributed by atoms with E-state index in [4.69, 9.17) is 11.6 Å². The largest absolute Gasteiger partial charge is 0.295 e. The Morgan fingerprint density at radius 3 is 2.52 bits per heavy atom. The van der Waals surface area contributed by atoms with Gasteiger partial charge in [-0.25, -0.2) is 8.42 Å². The van der Waals surface area contributed by atoms with Crippen LogP contribution in [0.15, 0.2) is 29.7 Å². The molecule has 2 amide bonds. The molecule has 0 radical (unpaired) electrons. The fourth-order valence-electron chi connectivity index (χ4n) is 1.79. The highest BCUT2D eigenvalue weighted by Crippen LogP contribution is 2.12. The highest BCUT2D eigenvalue weighted by molar-refractivity contribution is 7.92. The van der Waals surface area contributed by atoms with Gasteiger partial charge in [-0.05, 0) is 30.2 Å². The van der Waals surface area contributed by atoms with Crippen LogP contribution < -0.4 is 10.0 Å². The van der Waals surface area contributed by atoms with Gasteiger partial charge in [-0.1, -0.05) is 23.7 Å². The maximum absolute atomic E-state index is 11.9. The fraction of sp³-hybridized carbons (Fsp3) is 0.231. The van der Waals surface area contributed by atoms with Gasteiger partial charge >= 0.3 is 0 Å². The van der Waals surface area contributed by atoms with E-state index in [1.807, 2.05) is 0 Å². The number of nitrogens with one attached hydrogen (secondary N) is 2. The van der Waals surface area contributed by atoms with E-state index >= 15 is 0 Å². The maximum Gasteiger partial charge on any atom is 0.244 e. The number of rotatable bonds is 4. The predicted octanol–water partition coefficient (Wildman–Crippen LogP) is 1.04. The van der Waals surface area contributed by atoms with E-state index in [2.05, 4.69) is 10.0 Å². The third-order valence-corrected chi connectivity index (χ3v) is 4.21. The van der Waals surface area contributed by atoms with Gasteiger partial charge in [0.1, 0.15) is 6.04 Å². The van der Waals surface area contributed by atoms with Crippen molar-refractivity contribution >= 4 is 39.5 Å². The minimum Gasteiger partial charge on any atom is -0.295 e. The number of piperidine rings is 1. The number of hydrogen-bond donors (Lipinski definition) is 2. The number of benzene rings is 1. The number of hydrogen-bond acceptors (Lipinski definition) is 4. The zero-order valence-corrected chi connectivity index (χ0v) is 12.4. The molecule has 8 heteroatoms. The van der Waals surface area contributed by atoms with E-state index in [0.29, 0.717) is 10.6 Å². The van der Waals surface area contributed by atoms with Crippen LogP contribution in [0, 0.1) is 0 Å². The second-order valence-electron chi connectivity index (χ2n) is 4.52. The van der Waals surface area contributed by atoms with Crippen molar-refractivity contribution in [3.8, 4) is 0 Å². The fourth-order valence-corrected chi connectivity index (χ4v) is 2.95. The van der Waals surface area contributed by atoms with Gasteiger partial charge in [-0.3, -0.25) is 14.9 Å². The number of sulfonamides is 1. The average Bonchev–Trinajstić information content (AvgIpc) is 2.41. The smallest absolute Gasteiger partial charge is 0.244 e. The number of imide groups is 1. The molecular weight excluding hydrogens is 316 g/mol. The van der Waals surface area contributed by atoms with Crippen LogP contribution >= 0.6 is 11.6 Å². The first kappa shape index (κ1) is 15.7. The summed E-state index contributed by atoms with van der Waals surface area (Å²) in [6, 6.07) is 5.69. The van der Waals surface area contributed by atoms with E-state index in [-0.39, 0.29) is 12.8 Å². The second kappa shape index (κ2) is 6.38. The van der Waals surface area contributed by atoms with Crippen LogP contribution in [-0.4, -0.2) is 26.3 Å². The quantitative estimate of drug-likeness (QED) is 0.808. The van der Waals surface area contributed by atoms with Crippen LogP contribution in [0.1, 0.15) is 18.4 Å². The highest BCUT2D eigenvalue weighted by atomic mass is 35.5. The van der Waals surface area contributed by atoms with Crippen molar-refractivity contribution in [3.63, 3.8) is 0 Å². The maximum atomic E-state index is 11.9. The van der Waals surface area contributed by atoms with Crippen molar-refractivity contribution in [2.24, 2.45) is 0 Å². The Hall–Kier alpha value is -1.70. The topological polar surface area (TPSA) is 92.3 Å². The van der Waals surface area contributed by atoms with Gasteiger partial charge in [0.25, 0.3) is 0 Å². The Kier molecular flexibility index (Phi) is 4.76. The Bertz CT molecular complexity index is 683. The van der Waals surface area contributed by atoms with Gasteiger partial charge in [0, 0.05) is 16.9 Å². The Labute approximate surface area is 127 Å². The molecule has 1 fully saturated rings. The molecule has 0 bridgehead atoms. The molecule has 1 aliphatic rings. The zero-order chi connectivity index (χ0) is 15.5. The van der Waals surface area contributed by atoms with Crippen LogP contribution in [0.2, 0.25) is 5.02 Å². The molecule has 0 aromatic heterocycles. The highest BCUT2D eigenvalue weighted by Gasteiger charge is 2.29. The molecule has 0 aliphatic carbocycles. The number of carbonyl (C=O) groups excluding carboxylic acids is 2. The minimum absolute atomic E-state index is 0.111. The third-order valence-electron chi connectivity index (χ3n) is 2.86. The number of carbonyl (C=O) groups is 2. The van der Waals surface area contributed by atoms with E-state index in [0.717, 1.165) is 5.41 Å². The van der Waals surface area contributed by atoms with Crippen molar-refractivity contribution in [1.82, 2.24) is 10.0 Å². The van der Waals surface area contributed by atoms with Gasteiger partial charge in [0.15, 0.2) is 0 Å². The van der Waals surface area contributed by atoms with E-state index < -0.39 is 27.9 Å². The summed E-state index contributed by atoms with van der Waals surface area (Å²) in [6.07, 6.45) is 1.66. The molecular formula is C13H13ClN2O4S. The summed E-state index contributed by atoms with van der Waals surface area (Å²) in [7, 11) is -3.78. The summed E-state index contributed by atoms with van der Waals surface area (Å²) in [6.45, 7) is 0. The lowest BCUT2D eigenvalue weighted by Gasteiger charge is -2.20. The molecule has 1 unspecified atom stereocenters. The molecule has 112 valence electrons. The van der Waals surface area contributed by atoms with Gasteiger partial charge in [0.05, 0.1) is 0 Å². The van der Waals surface area contributed by atoms with E-state index in [1.165, 1.54) is 6.08 Å². The summed E-state index contributed by atoms with van der Waals surface area (Å²) in [5, 5.41) is 3.61. The molecule has 6 nitrogen and oxygen atoms in total. The van der Waals surface area contributed by atoms with Crippen molar-refractivity contribution in [2.75, 3.05) is 0 Å². The molecule has 1 saturated heterocycles. The van der Waals surface area contributed by atoms with Crippen molar-refractivity contribution in [3.05, 3.63) is 40.3 Å². The van der Waals surface area contributed by atoms with Crippen molar-refractivity contribution < 1.29 is 18.0 Å². The summed E-state index contributed by atoms with van der Waals surface area (Å²) in [5.41, 5.74) is 0.660. The predicted molar refractivity (Wildman–Crippen MR) is 78.7 cm³/mol. The summed E-state index contributed by atoms with van der Waals surface area (Å²) >= 11 is 5.73. The van der Waals surface area contributed by atoms with E-state index in [1.54, 1.807) is 24.3 Å². The first-order valence-corrected chi connectivity index (χ1v) is 8.08. The van der Waals surface area contributed by atoms with Gasteiger partial charge in [-0.15, -0.1) is 0 Å². The lowest BCUT2D eigenvalue weighted by molar-refractivity contribution is -0.134. The molecule has 1 aromatic rings. The van der Waals surface area contributed by atoms with Crippen LogP contribution in [0.5, 0.6) is 0 Å². The van der Waals surface area contributed by atoms with Crippen LogP contribution in [0.3, 0.4) is 0 Å². The minimum atomic E-state index is -3.78. The molecule has 2 rings (SSSR count).